The zero-order chi connectivity index (χ0) is 15.9. The number of carbonyl (C=O) groups is 2. The first-order chi connectivity index (χ1) is 10.6. The fraction of sp³-hybridized carbons (Fsp3) is 0.412. The van der Waals surface area contributed by atoms with Gasteiger partial charge in [0.15, 0.2) is 6.10 Å². The van der Waals surface area contributed by atoms with Crippen molar-refractivity contribution in [3.05, 3.63) is 47.8 Å². The molecule has 1 aromatic rings. The summed E-state index contributed by atoms with van der Waals surface area (Å²) in [5.74, 6) is -1.16. The van der Waals surface area contributed by atoms with Crippen LogP contribution in [0.4, 0.5) is 4.39 Å². The summed E-state index contributed by atoms with van der Waals surface area (Å²) in [7, 11) is 0. The largest absolute Gasteiger partial charge is 0.452 e. The van der Waals surface area contributed by atoms with Crippen molar-refractivity contribution in [3.8, 4) is 0 Å². The van der Waals surface area contributed by atoms with E-state index in [4.69, 9.17) is 4.74 Å². The minimum atomic E-state index is -0.834. The summed E-state index contributed by atoms with van der Waals surface area (Å²) in [6.45, 7) is 1.82. The molecule has 118 valence electrons. The van der Waals surface area contributed by atoms with Gasteiger partial charge in [-0.3, -0.25) is 9.59 Å². The minimum Gasteiger partial charge on any atom is -0.452 e. The number of carbonyl (C=O) groups excluding carboxylic acids is 2. The molecule has 1 aromatic carbocycles. The Bertz CT molecular complexity index is 554. The van der Waals surface area contributed by atoms with Crippen molar-refractivity contribution in [2.24, 2.45) is 5.92 Å². The van der Waals surface area contributed by atoms with E-state index in [1.54, 1.807) is 19.1 Å². The highest BCUT2D eigenvalue weighted by Crippen LogP contribution is 2.20. The van der Waals surface area contributed by atoms with Crippen LogP contribution in [0.1, 0.15) is 31.7 Å². The highest BCUT2D eigenvalue weighted by Gasteiger charge is 2.24. The maximum atomic E-state index is 12.8. The maximum Gasteiger partial charge on any atom is 0.310 e. The molecule has 4 nitrogen and oxygen atoms in total. The number of amides is 1. The smallest absolute Gasteiger partial charge is 0.310 e. The van der Waals surface area contributed by atoms with Gasteiger partial charge in [-0.15, -0.1) is 0 Å². The Hall–Kier alpha value is -2.17. The molecule has 22 heavy (non-hydrogen) atoms. The average Bonchev–Trinajstić information content (AvgIpc) is 2.54. The molecular formula is C17H20FNO3. The molecule has 0 aliphatic heterocycles. The van der Waals surface area contributed by atoms with Crippen LogP contribution >= 0.6 is 0 Å². The van der Waals surface area contributed by atoms with Gasteiger partial charge in [-0.05, 0) is 43.9 Å². The van der Waals surface area contributed by atoms with Crippen LogP contribution in [-0.2, 0) is 20.9 Å². The number of rotatable bonds is 5. The molecule has 1 aliphatic rings. The number of allylic oxidation sites excluding steroid dienone is 2. The Labute approximate surface area is 129 Å². The Morgan fingerprint density at radius 3 is 2.68 bits per heavy atom. The Morgan fingerprint density at radius 2 is 2.05 bits per heavy atom. The van der Waals surface area contributed by atoms with Crippen molar-refractivity contribution in [2.75, 3.05) is 0 Å². The zero-order valence-corrected chi connectivity index (χ0v) is 12.5. The van der Waals surface area contributed by atoms with E-state index in [1.807, 2.05) is 12.2 Å². The molecule has 0 spiro atoms. The van der Waals surface area contributed by atoms with Gasteiger partial charge in [0.1, 0.15) is 5.82 Å². The monoisotopic (exact) mass is 305 g/mol. The molecule has 0 saturated carbocycles. The second-order valence-corrected chi connectivity index (χ2v) is 5.40. The van der Waals surface area contributed by atoms with Crippen molar-refractivity contribution < 1.29 is 18.7 Å². The van der Waals surface area contributed by atoms with E-state index in [0.717, 1.165) is 18.4 Å². The molecule has 1 amide bonds. The topological polar surface area (TPSA) is 55.4 Å². The van der Waals surface area contributed by atoms with Crippen LogP contribution in [0, 0.1) is 11.7 Å². The summed E-state index contributed by atoms with van der Waals surface area (Å²) in [5.41, 5.74) is 0.783. The number of nitrogens with one attached hydrogen (secondary N) is 1. The fourth-order valence-corrected chi connectivity index (χ4v) is 2.27. The van der Waals surface area contributed by atoms with E-state index in [2.05, 4.69) is 5.32 Å². The molecule has 0 aromatic heterocycles. The van der Waals surface area contributed by atoms with Gasteiger partial charge >= 0.3 is 5.97 Å². The molecule has 0 saturated heterocycles. The molecule has 1 N–H and O–H groups in total. The number of hydrogen-bond donors (Lipinski definition) is 1. The standard InChI is InChI=1S/C17H20FNO3/c1-12(22-17(21)14-5-3-2-4-6-14)16(20)19-11-13-7-9-15(18)10-8-13/h2-3,7-10,12,14H,4-6,11H2,1H3,(H,19,20)/t12-,14-/m0/s1. The zero-order valence-electron chi connectivity index (χ0n) is 12.5. The van der Waals surface area contributed by atoms with E-state index < -0.39 is 6.10 Å². The molecule has 0 unspecified atom stereocenters. The summed E-state index contributed by atoms with van der Waals surface area (Å²) >= 11 is 0. The van der Waals surface area contributed by atoms with Crippen molar-refractivity contribution in [3.63, 3.8) is 0 Å². The van der Waals surface area contributed by atoms with Gasteiger partial charge in [-0.25, -0.2) is 4.39 Å². The predicted molar refractivity (Wildman–Crippen MR) is 80.3 cm³/mol. The molecule has 0 radical (unpaired) electrons. The first-order valence-corrected chi connectivity index (χ1v) is 7.44. The van der Waals surface area contributed by atoms with Crippen LogP contribution in [0.2, 0.25) is 0 Å². The Morgan fingerprint density at radius 1 is 1.32 bits per heavy atom. The first kappa shape index (κ1) is 16.2. The lowest BCUT2D eigenvalue weighted by Gasteiger charge is -2.19. The van der Waals surface area contributed by atoms with Gasteiger partial charge in [0.05, 0.1) is 5.92 Å². The maximum absolute atomic E-state index is 12.8. The minimum absolute atomic E-state index is 0.155. The Balaban J connectivity index is 1.77. The van der Waals surface area contributed by atoms with Gasteiger partial charge in [-0.1, -0.05) is 24.3 Å². The number of esters is 1. The Kier molecular flexibility index (Phi) is 5.69. The van der Waals surface area contributed by atoms with E-state index in [1.165, 1.54) is 12.1 Å². The third-order valence-corrected chi connectivity index (χ3v) is 3.64. The number of ether oxygens (including phenoxy) is 1. The summed E-state index contributed by atoms with van der Waals surface area (Å²) < 4.78 is 18.0. The van der Waals surface area contributed by atoms with Crippen LogP contribution in [0.15, 0.2) is 36.4 Å². The van der Waals surface area contributed by atoms with E-state index in [-0.39, 0.29) is 30.2 Å². The third-order valence-electron chi connectivity index (χ3n) is 3.64. The summed E-state index contributed by atoms with van der Waals surface area (Å²) in [6.07, 6.45) is 5.48. The number of hydrogen-bond acceptors (Lipinski definition) is 3. The summed E-state index contributed by atoms with van der Waals surface area (Å²) in [5, 5.41) is 2.67. The fourth-order valence-electron chi connectivity index (χ4n) is 2.27. The summed E-state index contributed by atoms with van der Waals surface area (Å²) in [6, 6.07) is 5.87. The summed E-state index contributed by atoms with van der Waals surface area (Å²) in [4.78, 5) is 23.9. The normalized spacial score (nSPS) is 18.5. The van der Waals surface area contributed by atoms with E-state index in [0.29, 0.717) is 6.42 Å². The molecule has 0 fully saturated rings. The van der Waals surface area contributed by atoms with Crippen LogP contribution in [0.25, 0.3) is 0 Å². The molecule has 1 aliphatic carbocycles. The van der Waals surface area contributed by atoms with Gasteiger partial charge < -0.3 is 10.1 Å². The van der Waals surface area contributed by atoms with Crippen molar-refractivity contribution >= 4 is 11.9 Å². The van der Waals surface area contributed by atoms with E-state index >= 15 is 0 Å². The van der Waals surface area contributed by atoms with Crippen LogP contribution < -0.4 is 5.32 Å². The van der Waals surface area contributed by atoms with Gasteiger partial charge in [0.25, 0.3) is 5.91 Å². The molecule has 0 heterocycles. The molecule has 0 bridgehead atoms. The SMILES string of the molecule is C[C@H](OC(=O)[C@H]1CC=CCC1)C(=O)NCc1ccc(F)cc1. The first-order valence-electron chi connectivity index (χ1n) is 7.44. The van der Waals surface area contributed by atoms with E-state index in [9.17, 15) is 14.0 Å². The average molecular weight is 305 g/mol. The van der Waals surface area contributed by atoms with Crippen LogP contribution in [0.3, 0.4) is 0 Å². The predicted octanol–water partition coefficient (Wildman–Crippen LogP) is 2.73. The molecule has 2 atom stereocenters. The highest BCUT2D eigenvalue weighted by molar-refractivity contribution is 5.84. The van der Waals surface area contributed by atoms with Gasteiger partial charge in [0, 0.05) is 6.54 Å². The highest BCUT2D eigenvalue weighted by atomic mass is 19.1. The van der Waals surface area contributed by atoms with Crippen LogP contribution in [-0.4, -0.2) is 18.0 Å². The third kappa shape index (κ3) is 4.69. The molecule has 2 rings (SSSR count). The van der Waals surface area contributed by atoms with Gasteiger partial charge in [-0.2, -0.15) is 0 Å². The van der Waals surface area contributed by atoms with Crippen molar-refractivity contribution in [1.82, 2.24) is 5.32 Å². The lowest BCUT2D eigenvalue weighted by atomic mass is 9.95. The second kappa shape index (κ2) is 7.73. The lowest BCUT2D eigenvalue weighted by Crippen LogP contribution is -2.36. The number of halogens is 1. The van der Waals surface area contributed by atoms with Crippen molar-refractivity contribution in [2.45, 2.75) is 38.8 Å². The van der Waals surface area contributed by atoms with Gasteiger partial charge in [0.2, 0.25) is 0 Å². The second-order valence-electron chi connectivity index (χ2n) is 5.40. The van der Waals surface area contributed by atoms with Crippen molar-refractivity contribution in [1.29, 1.82) is 0 Å². The quantitative estimate of drug-likeness (QED) is 0.672. The molecular weight excluding hydrogens is 285 g/mol. The lowest BCUT2D eigenvalue weighted by molar-refractivity contribution is -0.159. The molecule has 5 heteroatoms. The van der Waals surface area contributed by atoms with Crippen LogP contribution in [0.5, 0.6) is 0 Å². The number of benzene rings is 1.